The Kier molecular flexibility index (Phi) is 14.2. The first-order valence-corrected chi connectivity index (χ1v) is 10.0. The van der Waals surface area contributed by atoms with Gasteiger partial charge < -0.3 is 21.4 Å². The van der Waals surface area contributed by atoms with Crippen LogP contribution in [0.2, 0.25) is 0 Å². The minimum Gasteiger partial charge on any atom is -0.693 e. The molecule has 3 N–H and O–H groups in total. The molecule has 0 saturated carbocycles. The fraction of sp³-hybridized carbons (Fsp3) is 0.400. The molecule has 0 aliphatic carbocycles. The Bertz CT molecular complexity index is 304. The van der Waals surface area contributed by atoms with Crippen molar-refractivity contribution in [2.45, 2.75) is 6.42 Å². The predicted octanol–water partition coefficient (Wildman–Crippen LogP) is 4.39. The molecule has 0 heterocycles. The molecule has 1 rings (SSSR count). The second-order valence-corrected chi connectivity index (χ2v) is 6.02. The monoisotopic (exact) mass is 461 g/mol. The van der Waals surface area contributed by atoms with Gasteiger partial charge in [-0.05, 0) is 24.1 Å². The third-order valence-electron chi connectivity index (χ3n) is 1.86. The van der Waals surface area contributed by atoms with Gasteiger partial charge in [-0.25, -0.2) is 0 Å². The van der Waals surface area contributed by atoms with Crippen LogP contribution in [0.1, 0.15) is 5.56 Å². The van der Waals surface area contributed by atoms with Crippen molar-refractivity contribution in [3.8, 4) is 11.5 Å². The molecule has 0 saturated heterocycles. The molecule has 0 amide bonds. The first-order valence-electron chi connectivity index (χ1n) is 4.41. The van der Waals surface area contributed by atoms with E-state index in [-0.39, 0.29) is 6.15 Å². The van der Waals surface area contributed by atoms with E-state index in [4.69, 9.17) is 34.0 Å². The summed E-state index contributed by atoms with van der Waals surface area (Å²) in [7, 11) is 13.0. The van der Waals surface area contributed by atoms with E-state index in [1.807, 2.05) is 18.2 Å². The van der Waals surface area contributed by atoms with Crippen LogP contribution in [0.4, 0.5) is 0 Å². The minimum absolute atomic E-state index is 0. The number of ether oxygens (including phenoxy) is 2. The van der Waals surface area contributed by atoms with Crippen LogP contribution in [0.5, 0.6) is 11.5 Å². The molecular weight excluding hydrogens is 446 g/mol. The van der Waals surface area contributed by atoms with E-state index in [1.165, 1.54) is 0 Å². The summed E-state index contributed by atoms with van der Waals surface area (Å²) < 4.78 is 10.2. The maximum Gasteiger partial charge on any atom is -0.693 e. The summed E-state index contributed by atoms with van der Waals surface area (Å²) in [6, 6.07) is 5.73. The molecule has 0 bridgehead atoms. The van der Waals surface area contributed by atoms with Crippen molar-refractivity contribution in [1.29, 1.82) is 0 Å². The summed E-state index contributed by atoms with van der Waals surface area (Å²) in [6.07, 6.45) is 0.750. The van der Waals surface area contributed by atoms with Gasteiger partial charge in [0, 0.05) is 0 Å². The Balaban J connectivity index is 0. The van der Waals surface area contributed by atoms with E-state index in [9.17, 15) is 0 Å². The molecule has 102 valence electrons. The van der Waals surface area contributed by atoms with Crippen molar-refractivity contribution < 1.29 is 26.0 Å². The van der Waals surface area contributed by atoms with Gasteiger partial charge in [0.2, 0.25) is 0 Å². The van der Waals surface area contributed by atoms with Crippen LogP contribution in [-0.4, -0.2) is 20.8 Å². The SMILES string of the molecule is COc1ccc(CC[NH-])cc1OC.[Cl][Pt+2][Cl].[NH2-]. The second-order valence-electron chi connectivity index (χ2n) is 2.73. The molecule has 0 fully saturated rings. The van der Waals surface area contributed by atoms with Crippen LogP contribution >= 0.6 is 18.8 Å². The summed E-state index contributed by atoms with van der Waals surface area (Å²) in [5.41, 5.74) is 8.20. The molecule has 1 aromatic rings. The van der Waals surface area contributed by atoms with Crippen LogP contribution in [0, 0.1) is 0 Å². The van der Waals surface area contributed by atoms with Crippen LogP contribution < -0.4 is 9.47 Å². The quantitative estimate of drug-likeness (QED) is 0.666. The zero-order valence-electron chi connectivity index (χ0n) is 9.61. The number of nitrogens with one attached hydrogen (secondary N) is 1. The van der Waals surface area contributed by atoms with Gasteiger partial charge in [0.05, 0.1) is 14.2 Å². The van der Waals surface area contributed by atoms with Crippen molar-refractivity contribution in [3.05, 3.63) is 35.6 Å². The van der Waals surface area contributed by atoms with Gasteiger partial charge in [-0.3, -0.25) is 0 Å². The summed E-state index contributed by atoms with van der Waals surface area (Å²) in [4.78, 5) is 0. The first-order chi connectivity index (χ1) is 7.73. The van der Waals surface area contributed by atoms with E-state index < -0.39 is 16.5 Å². The first kappa shape index (κ1) is 19.4. The van der Waals surface area contributed by atoms with Crippen LogP contribution in [0.15, 0.2) is 18.2 Å². The Morgan fingerprint density at radius 1 is 1.18 bits per heavy atom. The number of nitrogens with two attached hydrogens (primary N) is 1. The molecule has 17 heavy (non-hydrogen) atoms. The van der Waals surface area contributed by atoms with Crippen molar-refractivity contribution in [1.82, 2.24) is 0 Å². The molecule has 7 heteroatoms. The van der Waals surface area contributed by atoms with E-state index in [0.29, 0.717) is 6.54 Å². The fourth-order valence-electron chi connectivity index (χ4n) is 1.18. The predicted molar refractivity (Wildman–Crippen MR) is 69.4 cm³/mol. The normalized spacial score (nSPS) is 8.76. The van der Waals surface area contributed by atoms with E-state index in [0.717, 1.165) is 23.5 Å². The summed E-state index contributed by atoms with van der Waals surface area (Å²) >= 11 is -0.472. The Labute approximate surface area is 119 Å². The molecule has 0 aromatic heterocycles. The smallest absolute Gasteiger partial charge is 0.693 e. The molecule has 1 aromatic carbocycles. The van der Waals surface area contributed by atoms with Crippen LogP contribution in [-0.2, 0) is 22.9 Å². The van der Waals surface area contributed by atoms with Crippen molar-refractivity contribution in [3.63, 3.8) is 0 Å². The number of methoxy groups -OCH3 is 2. The summed E-state index contributed by atoms with van der Waals surface area (Å²) in [5.74, 6) is 1.46. The van der Waals surface area contributed by atoms with Crippen LogP contribution in [0.25, 0.3) is 11.9 Å². The van der Waals surface area contributed by atoms with Crippen molar-refractivity contribution >= 4 is 18.8 Å². The molecule has 0 radical (unpaired) electrons. The second kappa shape index (κ2) is 12.5. The van der Waals surface area contributed by atoms with Gasteiger partial charge in [0.25, 0.3) is 0 Å². The number of halogens is 2. The zero-order chi connectivity index (χ0) is 12.4. The van der Waals surface area contributed by atoms with Gasteiger partial charge in [0.1, 0.15) is 0 Å². The standard InChI is InChI=1S/C10H14NO2.2ClH.H2N.Pt/c1-12-9-4-3-8(5-6-11)7-10(9)13-2;;;;/h3-4,7,11H,5-6H2,1-2H3;2*1H;1H2;/q-1;;;-1;+4/p-2. The van der Waals surface area contributed by atoms with E-state index in [2.05, 4.69) is 0 Å². The molecule has 0 atom stereocenters. The molecule has 0 aliphatic rings. The number of hydrogen-bond acceptors (Lipinski definition) is 2. The Hall–Kier alpha value is 0.00831. The minimum atomic E-state index is -0.472. The van der Waals surface area contributed by atoms with E-state index >= 15 is 0 Å². The molecule has 0 aliphatic heterocycles. The van der Waals surface area contributed by atoms with E-state index in [1.54, 1.807) is 14.2 Å². The van der Waals surface area contributed by atoms with Crippen molar-refractivity contribution in [2.75, 3.05) is 20.8 Å². The largest absolute Gasteiger partial charge is 0.693 e. The van der Waals surface area contributed by atoms with Crippen molar-refractivity contribution in [2.24, 2.45) is 0 Å². The van der Waals surface area contributed by atoms with Gasteiger partial charge in [-0.1, -0.05) is 6.07 Å². The molecule has 4 nitrogen and oxygen atoms in total. The average molecular weight is 462 g/mol. The molecule has 0 spiro atoms. The average Bonchev–Trinajstić information content (AvgIpc) is 2.30. The maximum absolute atomic E-state index is 7.09. The van der Waals surface area contributed by atoms with Gasteiger partial charge in [-0.15, -0.1) is 6.54 Å². The third kappa shape index (κ3) is 7.85. The van der Waals surface area contributed by atoms with Gasteiger partial charge >= 0.3 is 35.3 Å². The number of benzene rings is 1. The van der Waals surface area contributed by atoms with Gasteiger partial charge in [-0.2, -0.15) is 0 Å². The van der Waals surface area contributed by atoms with Gasteiger partial charge in [0.15, 0.2) is 11.5 Å². The molecule has 0 unspecified atom stereocenters. The third-order valence-corrected chi connectivity index (χ3v) is 1.86. The number of hydrogen-bond donors (Lipinski definition) is 0. The Morgan fingerprint density at radius 3 is 2.12 bits per heavy atom. The Morgan fingerprint density at radius 2 is 1.71 bits per heavy atom. The van der Waals surface area contributed by atoms with Crippen LogP contribution in [0.3, 0.4) is 0 Å². The maximum atomic E-state index is 7.09. The topological polar surface area (TPSA) is 75.8 Å². The number of rotatable bonds is 4. The fourth-order valence-corrected chi connectivity index (χ4v) is 1.18. The molecular formula is C10H16Cl2N2O2Pt. The summed E-state index contributed by atoms with van der Waals surface area (Å²) in [6.45, 7) is 0.398. The zero-order valence-corrected chi connectivity index (χ0v) is 13.4. The summed E-state index contributed by atoms with van der Waals surface area (Å²) in [5, 5.41) is 0.